The summed E-state index contributed by atoms with van der Waals surface area (Å²) < 4.78 is 5.19. The second kappa shape index (κ2) is 4.42. The topological polar surface area (TPSA) is 72.4 Å². The van der Waals surface area contributed by atoms with E-state index >= 15 is 0 Å². The van der Waals surface area contributed by atoms with E-state index in [4.69, 9.17) is 10.3 Å². The molecule has 2 heterocycles. The van der Waals surface area contributed by atoms with Gasteiger partial charge in [0.2, 0.25) is 5.91 Å². The fourth-order valence-corrected chi connectivity index (χ4v) is 2.33. The SMILES string of the molecule is N[C@@H]1CCN(C(=O)Cc2noc3ccccc23)C1. The van der Waals surface area contributed by atoms with Crippen molar-refractivity contribution < 1.29 is 9.32 Å². The Kier molecular flexibility index (Phi) is 2.76. The van der Waals surface area contributed by atoms with Crippen molar-refractivity contribution in [1.29, 1.82) is 0 Å². The fraction of sp³-hybridized carbons (Fsp3) is 0.385. The molecule has 0 saturated carbocycles. The molecule has 2 N–H and O–H groups in total. The maximum Gasteiger partial charge on any atom is 0.228 e. The summed E-state index contributed by atoms with van der Waals surface area (Å²) in [6.45, 7) is 1.39. The lowest BCUT2D eigenvalue weighted by Gasteiger charge is -2.14. The zero-order valence-corrected chi connectivity index (χ0v) is 10.0. The minimum absolute atomic E-state index is 0.0713. The van der Waals surface area contributed by atoms with Crippen molar-refractivity contribution >= 4 is 16.9 Å². The lowest BCUT2D eigenvalue weighted by Crippen LogP contribution is -2.33. The van der Waals surface area contributed by atoms with Crippen molar-refractivity contribution in [2.24, 2.45) is 5.73 Å². The highest BCUT2D eigenvalue weighted by molar-refractivity contribution is 5.86. The number of carbonyl (C=O) groups excluding carboxylic acids is 1. The maximum absolute atomic E-state index is 12.1. The first-order chi connectivity index (χ1) is 8.74. The molecule has 1 aromatic heterocycles. The van der Waals surface area contributed by atoms with Crippen molar-refractivity contribution in [3.8, 4) is 0 Å². The summed E-state index contributed by atoms with van der Waals surface area (Å²) in [5.74, 6) is 0.0713. The first-order valence-corrected chi connectivity index (χ1v) is 6.10. The van der Waals surface area contributed by atoms with Gasteiger partial charge < -0.3 is 15.2 Å². The van der Waals surface area contributed by atoms with E-state index in [2.05, 4.69) is 5.16 Å². The van der Waals surface area contributed by atoms with Crippen LogP contribution < -0.4 is 5.73 Å². The van der Waals surface area contributed by atoms with Gasteiger partial charge in [-0.2, -0.15) is 0 Å². The van der Waals surface area contributed by atoms with Crippen LogP contribution in [0.3, 0.4) is 0 Å². The number of amides is 1. The number of hydrogen-bond donors (Lipinski definition) is 1. The van der Waals surface area contributed by atoms with Crippen LogP contribution in [0, 0.1) is 0 Å². The second-order valence-corrected chi connectivity index (χ2v) is 4.69. The smallest absolute Gasteiger partial charge is 0.228 e. The van der Waals surface area contributed by atoms with Crippen LogP contribution in [-0.2, 0) is 11.2 Å². The molecule has 0 radical (unpaired) electrons. The predicted octanol–water partition coefficient (Wildman–Crippen LogP) is 0.930. The minimum Gasteiger partial charge on any atom is -0.356 e. The molecule has 94 valence electrons. The Morgan fingerprint density at radius 2 is 2.33 bits per heavy atom. The summed E-state index contributed by atoms with van der Waals surface area (Å²) >= 11 is 0. The maximum atomic E-state index is 12.1. The molecule has 0 bridgehead atoms. The Hall–Kier alpha value is -1.88. The van der Waals surface area contributed by atoms with Crippen LogP contribution in [-0.4, -0.2) is 35.1 Å². The fourth-order valence-electron chi connectivity index (χ4n) is 2.33. The largest absolute Gasteiger partial charge is 0.356 e. The van der Waals surface area contributed by atoms with E-state index in [-0.39, 0.29) is 18.4 Å². The number of nitrogens with two attached hydrogens (primary N) is 1. The molecule has 2 aromatic rings. The molecule has 3 rings (SSSR count). The van der Waals surface area contributed by atoms with Crippen LogP contribution in [0.2, 0.25) is 0 Å². The Morgan fingerprint density at radius 1 is 1.50 bits per heavy atom. The number of likely N-dealkylation sites (tertiary alicyclic amines) is 1. The van der Waals surface area contributed by atoms with Gasteiger partial charge in [-0.1, -0.05) is 17.3 Å². The first-order valence-electron chi connectivity index (χ1n) is 6.10. The van der Waals surface area contributed by atoms with Gasteiger partial charge in [-0.15, -0.1) is 0 Å². The normalized spacial score (nSPS) is 19.6. The zero-order chi connectivity index (χ0) is 12.5. The number of fused-ring (bicyclic) bond motifs is 1. The van der Waals surface area contributed by atoms with Crippen LogP contribution in [0.4, 0.5) is 0 Å². The van der Waals surface area contributed by atoms with E-state index in [9.17, 15) is 4.79 Å². The summed E-state index contributed by atoms with van der Waals surface area (Å²) in [5, 5.41) is 4.88. The van der Waals surface area contributed by atoms with Gasteiger partial charge in [0.15, 0.2) is 5.58 Å². The Bertz CT molecular complexity index is 578. The molecule has 0 aliphatic carbocycles. The van der Waals surface area contributed by atoms with Gasteiger partial charge in [0.05, 0.1) is 6.42 Å². The molecule has 1 atom stereocenters. The first kappa shape index (κ1) is 11.2. The van der Waals surface area contributed by atoms with Crippen molar-refractivity contribution in [2.75, 3.05) is 13.1 Å². The van der Waals surface area contributed by atoms with Crippen molar-refractivity contribution in [1.82, 2.24) is 10.1 Å². The van der Waals surface area contributed by atoms with E-state index in [0.717, 1.165) is 23.9 Å². The molecule has 5 heteroatoms. The molecule has 1 amide bonds. The van der Waals surface area contributed by atoms with Gasteiger partial charge in [0.25, 0.3) is 0 Å². The van der Waals surface area contributed by atoms with Crippen LogP contribution in [0.15, 0.2) is 28.8 Å². The number of rotatable bonds is 2. The third-order valence-corrected chi connectivity index (χ3v) is 3.35. The third kappa shape index (κ3) is 1.97. The van der Waals surface area contributed by atoms with E-state index in [1.165, 1.54) is 0 Å². The molecule has 18 heavy (non-hydrogen) atoms. The molecule has 1 saturated heterocycles. The highest BCUT2D eigenvalue weighted by Gasteiger charge is 2.24. The van der Waals surface area contributed by atoms with Gasteiger partial charge in [-0.3, -0.25) is 4.79 Å². The summed E-state index contributed by atoms with van der Waals surface area (Å²) in [6.07, 6.45) is 1.16. The predicted molar refractivity (Wildman–Crippen MR) is 66.9 cm³/mol. The molecular weight excluding hydrogens is 230 g/mol. The van der Waals surface area contributed by atoms with E-state index < -0.39 is 0 Å². The number of carbonyl (C=O) groups is 1. The highest BCUT2D eigenvalue weighted by Crippen LogP contribution is 2.19. The van der Waals surface area contributed by atoms with Crippen molar-refractivity contribution in [2.45, 2.75) is 18.9 Å². The summed E-state index contributed by atoms with van der Waals surface area (Å²) in [7, 11) is 0. The third-order valence-electron chi connectivity index (χ3n) is 3.35. The van der Waals surface area contributed by atoms with Crippen LogP contribution in [0.5, 0.6) is 0 Å². The van der Waals surface area contributed by atoms with E-state index in [1.54, 1.807) is 4.90 Å². The number of nitrogens with zero attached hydrogens (tertiary/aromatic N) is 2. The van der Waals surface area contributed by atoms with Gasteiger partial charge in [-0.25, -0.2) is 0 Å². The van der Waals surface area contributed by atoms with Crippen molar-refractivity contribution in [3.63, 3.8) is 0 Å². The Balaban J connectivity index is 1.78. The van der Waals surface area contributed by atoms with Gasteiger partial charge >= 0.3 is 0 Å². The average molecular weight is 245 g/mol. The molecule has 1 aliphatic rings. The monoisotopic (exact) mass is 245 g/mol. The standard InChI is InChI=1S/C13H15N3O2/c14-9-5-6-16(8-9)13(17)7-11-10-3-1-2-4-12(10)18-15-11/h1-4,9H,5-8,14H2/t9-/m1/s1. The molecule has 0 unspecified atom stereocenters. The van der Waals surface area contributed by atoms with Crippen molar-refractivity contribution in [3.05, 3.63) is 30.0 Å². The molecule has 0 spiro atoms. The highest BCUT2D eigenvalue weighted by atomic mass is 16.5. The van der Waals surface area contributed by atoms with Crippen LogP contribution in [0.1, 0.15) is 12.1 Å². The average Bonchev–Trinajstić information content (AvgIpc) is 2.97. The lowest BCUT2D eigenvalue weighted by atomic mass is 10.1. The molecule has 1 aliphatic heterocycles. The number of hydrogen-bond acceptors (Lipinski definition) is 4. The summed E-state index contributed by atoms with van der Waals surface area (Å²) in [4.78, 5) is 13.9. The lowest BCUT2D eigenvalue weighted by molar-refractivity contribution is -0.129. The molecule has 1 fully saturated rings. The Morgan fingerprint density at radius 3 is 3.11 bits per heavy atom. The molecule has 1 aromatic carbocycles. The summed E-state index contributed by atoms with van der Waals surface area (Å²) in [6, 6.07) is 7.69. The zero-order valence-electron chi connectivity index (χ0n) is 10.0. The van der Waals surface area contributed by atoms with E-state index in [0.29, 0.717) is 12.2 Å². The van der Waals surface area contributed by atoms with Gasteiger partial charge in [-0.05, 0) is 18.6 Å². The van der Waals surface area contributed by atoms with E-state index in [1.807, 2.05) is 24.3 Å². The molecular formula is C13H15N3O2. The van der Waals surface area contributed by atoms with Crippen LogP contribution >= 0.6 is 0 Å². The molecule has 5 nitrogen and oxygen atoms in total. The van der Waals surface area contributed by atoms with Gasteiger partial charge in [0.1, 0.15) is 5.69 Å². The summed E-state index contributed by atoms with van der Waals surface area (Å²) in [5.41, 5.74) is 7.22. The minimum atomic E-state index is 0.0713. The van der Waals surface area contributed by atoms with Crippen LogP contribution in [0.25, 0.3) is 11.0 Å². The Labute approximate surface area is 105 Å². The second-order valence-electron chi connectivity index (χ2n) is 4.69. The number of aromatic nitrogens is 1. The van der Waals surface area contributed by atoms with Gasteiger partial charge in [0, 0.05) is 24.5 Å². The number of para-hydroxylation sites is 1. The quantitative estimate of drug-likeness (QED) is 0.854. The number of benzene rings is 1.